The average molecular weight is 371 g/mol. The molecule has 0 aliphatic heterocycles. The van der Waals surface area contributed by atoms with Crippen LogP contribution in [0.5, 0.6) is 0 Å². The topological polar surface area (TPSA) is 36.4 Å². The fourth-order valence-corrected chi connectivity index (χ4v) is 2.09. The molecule has 3 nitrogen and oxygen atoms in total. The van der Waals surface area contributed by atoms with E-state index >= 15 is 0 Å². The predicted octanol–water partition coefficient (Wildman–Crippen LogP) is 2.73. The Morgan fingerprint density at radius 3 is 2.53 bits per heavy atom. The highest BCUT2D eigenvalue weighted by Crippen LogP contribution is 2.08. The number of rotatable bonds is 4. The summed E-state index contributed by atoms with van der Waals surface area (Å²) in [7, 11) is 1.82. The highest BCUT2D eigenvalue weighted by molar-refractivity contribution is 14.0. The lowest BCUT2D eigenvalue weighted by Gasteiger charge is -2.16. The SMILES string of the molecule is CN=C(NCCc1ccccc1)NC1CC=CC1.I. The summed E-state index contributed by atoms with van der Waals surface area (Å²) in [5.41, 5.74) is 1.35. The molecule has 0 bridgehead atoms. The van der Waals surface area contributed by atoms with Crippen molar-refractivity contribution < 1.29 is 0 Å². The molecule has 0 heterocycles. The molecule has 2 N–H and O–H groups in total. The third kappa shape index (κ3) is 5.63. The Bertz CT molecular complexity index is 407. The molecule has 1 aliphatic carbocycles. The molecule has 4 heteroatoms. The van der Waals surface area contributed by atoms with E-state index in [1.165, 1.54) is 5.56 Å². The second-order valence-electron chi connectivity index (χ2n) is 4.52. The Kier molecular flexibility index (Phi) is 7.55. The van der Waals surface area contributed by atoms with Crippen LogP contribution in [0.2, 0.25) is 0 Å². The van der Waals surface area contributed by atoms with Gasteiger partial charge in [-0.05, 0) is 24.8 Å². The van der Waals surface area contributed by atoms with Crippen molar-refractivity contribution in [3.63, 3.8) is 0 Å². The highest BCUT2D eigenvalue weighted by Gasteiger charge is 2.10. The highest BCUT2D eigenvalue weighted by atomic mass is 127. The maximum absolute atomic E-state index is 4.25. The molecule has 0 atom stereocenters. The smallest absolute Gasteiger partial charge is 0.191 e. The number of halogens is 1. The van der Waals surface area contributed by atoms with E-state index in [4.69, 9.17) is 0 Å². The van der Waals surface area contributed by atoms with Crippen LogP contribution < -0.4 is 10.6 Å². The van der Waals surface area contributed by atoms with Crippen LogP contribution >= 0.6 is 24.0 Å². The van der Waals surface area contributed by atoms with Gasteiger partial charge in [0.05, 0.1) is 0 Å². The van der Waals surface area contributed by atoms with Gasteiger partial charge in [0.15, 0.2) is 5.96 Å². The van der Waals surface area contributed by atoms with Gasteiger partial charge in [0, 0.05) is 19.6 Å². The minimum atomic E-state index is 0. The third-order valence-corrected chi connectivity index (χ3v) is 3.12. The van der Waals surface area contributed by atoms with Crippen LogP contribution in [-0.4, -0.2) is 25.6 Å². The molecule has 0 amide bonds. The number of hydrogen-bond donors (Lipinski definition) is 2. The van der Waals surface area contributed by atoms with E-state index in [0.29, 0.717) is 6.04 Å². The molecular weight excluding hydrogens is 349 g/mol. The van der Waals surface area contributed by atoms with Gasteiger partial charge in [-0.15, -0.1) is 24.0 Å². The van der Waals surface area contributed by atoms with Crippen molar-refractivity contribution >= 4 is 29.9 Å². The fraction of sp³-hybridized carbons (Fsp3) is 0.400. The van der Waals surface area contributed by atoms with Crippen LogP contribution in [0.15, 0.2) is 47.5 Å². The van der Waals surface area contributed by atoms with Crippen molar-refractivity contribution in [2.24, 2.45) is 4.99 Å². The second-order valence-corrected chi connectivity index (χ2v) is 4.52. The lowest BCUT2D eigenvalue weighted by molar-refractivity contribution is 0.633. The van der Waals surface area contributed by atoms with Gasteiger partial charge in [0.25, 0.3) is 0 Å². The lowest BCUT2D eigenvalue weighted by Crippen LogP contribution is -2.43. The summed E-state index contributed by atoms with van der Waals surface area (Å²) in [5, 5.41) is 6.78. The third-order valence-electron chi connectivity index (χ3n) is 3.12. The molecule has 0 aromatic heterocycles. The molecule has 0 saturated heterocycles. The van der Waals surface area contributed by atoms with Crippen molar-refractivity contribution in [1.82, 2.24) is 10.6 Å². The standard InChI is InChI=1S/C15H21N3.HI/c1-16-15(18-14-9-5-6-10-14)17-12-11-13-7-3-2-4-8-13;/h2-8,14H,9-12H2,1H3,(H2,16,17,18);1H. The van der Waals surface area contributed by atoms with E-state index in [2.05, 4.69) is 52.0 Å². The monoisotopic (exact) mass is 371 g/mol. The Labute approximate surface area is 132 Å². The zero-order valence-electron chi connectivity index (χ0n) is 11.3. The minimum absolute atomic E-state index is 0. The lowest BCUT2D eigenvalue weighted by atomic mass is 10.1. The van der Waals surface area contributed by atoms with E-state index in [0.717, 1.165) is 31.8 Å². The number of hydrogen-bond acceptors (Lipinski definition) is 1. The summed E-state index contributed by atoms with van der Waals surface area (Å²) >= 11 is 0. The molecule has 104 valence electrons. The molecule has 1 aromatic rings. The largest absolute Gasteiger partial charge is 0.356 e. The average Bonchev–Trinajstić information content (AvgIpc) is 2.92. The van der Waals surface area contributed by atoms with Crippen LogP contribution in [0.25, 0.3) is 0 Å². The number of guanidine groups is 1. The molecule has 0 saturated carbocycles. The van der Waals surface area contributed by atoms with E-state index in [9.17, 15) is 0 Å². The fourth-order valence-electron chi connectivity index (χ4n) is 2.09. The Hall–Kier alpha value is -1.04. The zero-order valence-corrected chi connectivity index (χ0v) is 13.6. The van der Waals surface area contributed by atoms with Gasteiger partial charge in [0.1, 0.15) is 0 Å². The first-order valence-electron chi connectivity index (χ1n) is 6.54. The van der Waals surface area contributed by atoms with Gasteiger partial charge in [0.2, 0.25) is 0 Å². The van der Waals surface area contributed by atoms with Crippen molar-refractivity contribution in [3.05, 3.63) is 48.0 Å². The van der Waals surface area contributed by atoms with Gasteiger partial charge in [-0.25, -0.2) is 0 Å². The molecule has 0 radical (unpaired) electrons. The molecule has 0 spiro atoms. The van der Waals surface area contributed by atoms with Gasteiger partial charge >= 0.3 is 0 Å². The zero-order chi connectivity index (χ0) is 12.6. The maximum Gasteiger partial charge on any atom is 0.191 e. The summed E-state index contributed by atoms with van der Waals surface area (Å²) in [6.07, 6.45) is 7.65. The van der Waals surface area contributed by atoms with E-state index in [1.54, 1.807) is 0 Å². The quantitative estimate of drug-likeness (QED) is 0.370. The number of aliphatic imine (C=N–C) groups is 1. The van der Waals surface area contributed by atoms with Crippen molar-refractivity contribution in [2.75, 3.05) is 13.6 Å². The van der Waals surface area contributed by atoms with Gasteiger partial charge in [-0.2, -0.15) is 0 Å². The van der Waals surface area contributed by atoms with Gasteiger partial charge < -0.3 is 10.6 Å². The number of nitrogens with zero attached hydrogens (tertiary/aromatic N) is 1. The van der Waals surface area contributed by atoms with E-state index < -0.39 is 0 Å². The first-order chi connectivity index (χ1) is 8.88. The second kappa shape index (κ2) is 8.96. The van der Waals surface area contributed by atoms with Crippen LogP contribution in [0.4, 0.5) is 0 Å². The van der Waals surface area contributed by atoms with Crippen molar-refractivity contribution in [1.29, 1.82) is 0 Å². The van der Waals surface area contributed by atoms with Gasteiger partial charge in [-0.3, -0.25) is 4.99 Å². The minimum Gasteiger partial charge on any atom is -0.356 e. The van der Waals surface area contributed by atoms with Crippen LogP contribution in [0.1, 0.15) is 18.4 Å². The summed E-state index contributed by atoms with van der Waals surface area (Å²) in [5.74, 6) is 0.902. The van der Waals surface area contributed by atoms with Crippen molar-refractivity contribution in [3.8, 4) is 0 Å². The van der Waals surface area contributed by atoms with Crippen molar-refractivity contribution in [2.45, 2.75) is 25.3 Å². The van der Waals surface area contributed by atoms with E-state index in [1.807, 2.05) is 13.1 Å². The first-order valence-corrected chi connectivity index (χ1v) is 6.54. The van der Waals surface area contributed by atoms with Crippen LogP contribution in [0.3, 0.4) is 0 Å². The number of benzene rings is 1. The maximum atomic E-state index is 4.25. The Morgan fingerprint density at radius 1 is 1.21 bits per heavy atom. The van der Waals surface area contributed by atoms with Crippen LogP contribution in [0, 0.1) is 0 Å². The van der Waals surface area contributed by atoms with Crippen LogP contribution in [-0.2, 0) is 6.42 Å². The predicted molar refractivity (Wildman–Crippen MR) is 92.2 cm³/mol. The summed E-state index contributed by atoms with van der Waals surface area (Å²) in [6, 6.07) is 11.0. The molecule has 1 aromatic carbocycles. The molecule has 19 heavy (non-hydrogen) atoms. The molecule has 2 rings (SSSR count). The summed E-state index contributed by atoms with van der Waals surface area (Å²) in [6.45, 7) is 0.907. The summed E-state index contributed by atoms with van der Waals surface area (Å²) < 4.78 is 0. The molecular formula is C15H22IN3. The number of nitrogens with one attached hydrogen (secondary N) is 2. The molecule has 0 unspecified atom stereocenters. The molecule has 0 fully saturated rings. The van der Waals surface area contributed by atoms with E-state index in [-0.39, 0.29) is 24.0 Å². The first kappa shape index (κ1) is 16.0. The Balaban J connectivity index is 0.00000180. The molecule has 1 aliphatic rings. The Morgan fingerprint density at radius 2 is 1.89 bits per heavy atom. The van der Waals surface area contributed by atoms with Gasteiger partial charge in [-0.1, -0.05) is 42.5 Å². The normalized spacial score (nSPS) is 15.1. The summed E-state index contributed by atoms with van der Waals surface area (Å²) in [4.78, 5) is 4.25.